The molecule has 0 radical (unpaired) electrons. The highest BCUT2D eigenvalue weighted by molar-refractivity contribution is 14.0. The minimum Gasteiger partial charge on any atom is -0.357 e. The maximum atomic E-state index is 12.9. The number of para-hydroxylation sites is 1. The minimum absolute atomic E-state index is 0. The lowest BCUT2D eigenvalue weighted by Crippen LogP contribution is -2.38. The van der Waals surface area contributed by atoms with Crippen molar-refractivity contribution in [1.29, 1.82) is 0 Å². The molecule has 28 heavy (non-hydrogen) atoms. The van der Waals surface area contributed by atoms with Gasteiger partial charge in [-0.15, -0.1) is 24.0 Å². The number of anilines is 1. The molecule has 3 N–H and O–H groups in total. The summed E-state index contributed by atoms with van der Waals surface area (Å²) in [6, 6.07) is 13.6. The molecule has 0 amide bonds. The van der Waals surface area contributed by atoms with Crippen LogP contribution in [0.1, 0.15) is 18.1 Å². The van der Waals surface area contributed by atoms with Gasteiger partial charge in [0.15, 0.2) is 5.96 Å². The Morgan fingerprint density at radius 1 is 1.07 bits per heavy atom. The number of sulfonamides is 1. The van der Waals surface area contributed by atoms with Crippen LogP contribution < -0.4 is 15.4 Å². The summed E-state index contributed by atoms with van der Waals surface area (Å²) in [5.41, 5.74) is 2.33. The van der Waals surface area contributed by atoms with Gasteiger partial charge < -0.3 is 10.6 Å². The van der Waals surface area contributed by atoms with Gasteiger partial charge in [0, 0.05) is 13.1 Å². The fourth-order valence-corrected chi connectivity index (χ4v) is 3.04. The minimum atomic E-state index is -3.35. The summed E-state index contributed by atoms with van der Waals surface area (Å²) in [5.74, 6) is 0.386. The summed E-state index contributed by atoms with van der Waals surface area (Å²) < 4.78 is 38.4. The van der Waals surface area contributed by atoms with Gasteiger partial charge in [0.2, 0.25) is 10.0 Å². The van der Waals surface area contributed by atoms with E-state index in [1.807, 2.05) is 19.1 Å². The zero-order valence-corrected chi connectivity index (χ0v) is 19.1. The van der Waals surface area contributed by atoms with Crippen molar-refractivity contribution < 1.29 is 12.8 Å². The third-order valence-electron chi connectivity index (χ3n) is 3.68. The Kier molecular flexibility index (Phi) is 10.2. The van der Waals surface area contributed by atoms with Crippen LogP contribution in [-0.2, 0) is 23.0 Å². The summed E-state index contributed by atoms with van der Waals surface area (Å²) in [4.78, 5) is 4.52. The van der Waals surface area contributed by atoms with Crippen LogP contribution in [-0.4, -0.2) is 33.7 Å². The maximum Gasteiger partial charge on any atom is 0.229 e. The quantitative estimate of drug-likeness (QED) is 0.284. The molecule has 2 rings (SSSR count). The van der Waals surface area contributed by atoms with Crippen molar-refractivity contribution in [2.75, 3.05) is 24.1 Å². The van der Waals surface area contributed by atoms with Crippen molar-refractivity contribution in [3.05, 3.63) is 65.5 Å². The maximum absolute atomic E-state index is 12.9. The third kappa shape index (κ3) is 8.87. The Morgan fingerprint density at radius 3 is 2.39 bits per heavy atom. The van der Waals surface area contributed by atoms with E-state index in [1.165, 1.54) is 12.1 Å². The lowest BCUT2D eigenvalue weighted by atomic mass is 10.1. The molecule has 2 aromatic carbocycles. The monoisotopic (exact) mass is 520 g/mol. The van der Waals surface area contributed by atoms with E-state index >= 15 is 0 Å². The van der Waals surface area contributed by atoms with Gasteiger partial charge in [0.1, 0.15) is 5.82 Å². The van der Waals surface area contributed by atoms with Gasteiger partial charge in [-0.1, -0.05) is 30.3 Å². The Balaban J connectivity index is 0.00000392. The van der Waals surface area contributed by atoms with E-state index in [4.69, 9.17) is 0 Å². The number of benzene rings is 2. The Hall–Kier alpha value is -1.88. The van der Waals surface area contributed by atoms with E-state index < -0.39 is 10.0 Å². The number of hydrogen-bond acceptors (Lipinski definition) is 3. The predicted octanol–water partition coefficient (Wildman–Crippen LogP) is 3.11. The number of hydrogen-bond donors (Lipinski definition) is 3. The Labute approximate surface area is 183 Å². The molecule has 2 aromatic rings. The molecule has 0 aliphatic heterocycles. The number of aliphatic imine (C=N–C) groups is 1. The fourth-order valence-electron chi connectivity index (χ4n) is 2.44. The van der Waals surface area contributed by atoms with E-state index in [9.17, 15) is 12.8 Å². The lowest BCUT2D eigenvalue weighted by molar-refractivity contribution is 0.606. The number of rotatable bonds is 8. The molecule has 0 spiro atoms. The zero-order chi connectivity index (χ0) is 19.7. The Morgan fingerprint density at radius 2 is 1.75 bits per heavy atom. The molecule has 0 aliphatic rings. The standard InChI is InChI=1S/C19H25FN4O2S.HI/c1-3-21-19(22-13-12-15-8-10-17(20)11-9-15)23-14-16-6-4-5-7-18(16)24-27(2,25)26;/h4-11,24H,3,12-14H2,1-2H3,(H2,21,22,23);1H. The summed E-state index contributed by atoms with van der Waals surface area (Å²) in [5, 5.41) is 6.38. The highest BCUT2D eigenvalue weighted by Crippen LogP contribution is 2.17. The highest BCUT2D eigenvalue weighted by atomic mass is 127. The first-order valence-electron chi connectivity index (χ1n) is 8.69. The molecule has 9 heteroatoms. The van der Waals surface area contributed by atoms with Crippen molar-refractivity contribution in [3.63, 3.8) is 0 Å². The second-order valence-electron chi connectivity index (χ2n) is 6.03. The van der Waals surface area contributed by atoms with Crippen molar-refractivity contribution in [2.24, 2.45) is 4.99 Å². The highest BCUT2D eigenvalue weighted by Gasteiger charge is 2.07. The first kappa shape index (κ1) is 24.2. The molecule has 0 heterocycles. The lowest BCUT2D eigenvalue weighted by Gasteiger charge is -2.13. The summed E-state index contributed by atoms with van der Waals surface area (Å²) in [6.07, 6.45) is 1.85. The molecule has 0 aliphatic carbocycles. The van der Waals surface area contributed by atoms with Gasteiger partial charge >= 0.3 is 0 Å². The van der Waals surface area contributed by atoms with Crippen molar-refractivity contribution in [3.8, 4) is 0 Å². The van der Waals surface area contributed by atoms with Crippen molar-refractivity contribution in [1.82, 2.24) is 10.6 Å². The van der Waals surface area contributed by atoms with Gasteiger partial charge in [-0.3, -0.25) is 4.72 Å². The summed E-state index contributed by atoms with van der Waals surface area (Å²) in [7, 11) is -3.35. The molecule has 0 aromatic heterocycles. The SMILES string of the molecule is CCNC(=NCc1ccccc1NS(C)(=O)=O)NCCc1ccc(F)cc1.I. The molecule has 6 nitrogen and oxygen atoms in total. The van der Waals surface area contributed by atoms with E-state index in [0.717, 1.165) is 23.8 Å². The van der Waals surface area contributed by atoms with Crippen LogP contribution in [0.25, 0.3) is 0 Å². The van der Waals surface area contributed by atoms with Gasteiger partial charge in [0.05, 0.1) is 18.5 Å². The van der Waals surface area contributed by atoms with Crippen LogP contribution in [0.3, 0.4) is 0 Å². The fraction of sp³-hybridized carbons (Fsp3) is 0.316. The first-order chi connectivity index (χ1) is 12.9. The largest absolute Gasteiger partial charge is 0.357 e. The van der Waals surface area contributed by atoms with E-state index in [2.05, 4.69) is 20.3 Å². The molecule has 0 saturated carbocycles. The molecular formula is C19H26FIN4O2S. The third-order valence-corrected chi connectivity index (χ3v) is 4.27. The number of halogens is 2. The van der Waals surface area contributed by atoms with Gasteiger partial charge in [0.25, 0.3) is 0 Å². The summed E-state index contributed by atoms with van der Waals surface area (Å²) in [6.45, 7) is 3.63. The van der Waals surface area contributed by atoms with Gasteiger partial charge in [-0.25, -0.2) is 17.8 Å². The molecule has 154 valence electrons. The number of nitrogens with zero attached hydrogens (tertiary/aromatic N) is 1. The van der Waals surface area contributed by atoms with E-state index in [1.54, 1.807) is 24.3 Å². The molecule has 0 atom stereocenters. The van der Waals surface area contributed by atoms with E-state index in [-0.39, 0.29) is 29.8 Å². The number of nitrogens with one attached hydrogen (secondary N) is 3. The summed E-state index contributed by atoms with van der Waals surface area (Å²) >= 11 is 0. The predicted molar refractivity (Wildman–Crippen MR) is 123 cm³/mol. The van der Waals surface area contributed by atoms with Crippen LogP contribution in [0.15, 0.2) is 53.5 Å². The van der Waals surface area contributed by atoms with Crippen molar-refractivity contribution >= 4 is 45.6 Å². The second kappa shape index (κ2) is 11.8. The first-order valence-corrected chi connectivity index (χ1v) is 10.6. The van der Waals surface area contributed by atoms with Crippen LogP contribution >= 0.6 is 24.0 Å². The second-order valence-corrected chi connectivity index (χ2v) is 7.78. The van der Waals surface area contributed by atoms with Crippen LogP contribution in [0, 0.1) is 5.82 Å². The average molecular weight is 520 g/mol. The molecule has 0 unspecified atom stereocenters. The van der Waals surface area contributed by atoms with Crippen LogP contribution in [0.5, 0.6) is 0 Å². The topological polar surface area (TPSA) is 82.6 Å². The average Bonchev–Trinajstić information content (AvgIpc) is 2.61. The van der Waals surface area contributed by atoms with Crippen LogP contribution in [0.2, 0.25) is 0 Å². The molecule has 0 bridgehead atoms. The normalized spacial score (nSPS) is 11.5. The molecule has 0 saturated heterocycles. The van der Waals surface area contributed by atoms with Crippen LogP contribution in [0.4, 0.5) is 10.1 Å². The van der Waals surface area contributed by atoms with E-state index in [0.29, 0.717) is 31.3 Å². The Bertz CT molecular complexity index is 874. The van der Waals surface area contributed by atoms with Crippen molar-refractivity contribution in [2.45, 2.75) is 19.9 Å². The zero-order valence-electron chi connectivity index (χ0n) is 15.9. The molecular weight excluding hydrogens is 494 g/mol. The van der Waals surface area contributed by atoms with Gasteiger partial charge in [-0.2, -0.15) is 0 Å². The van der Waals surface area contributed by atoms with Gasteiger partial charge in [-0.05, 0) is 42.7 Å². The smallest absolute Gasteiger partial charge is 0.229 e. The molecule has 0 fully saturated rings. The number of guanidine groups is 1.